The number of hydrogen-bond acceptors (Lipinski definition) is 5. The highest BCUT2D eigenvalue weighted by atomic mass is 35.5. The van der Waals surface area contributed by atoms with Crippen LogP contribution in [-0.4, -0.2) is 24.7 Å². The van der Waals surface area contributed by atoms with Gasteiger partial charge in [-0.05, 0) is 42.8 Å². The maximum Gasteiger partial charge on any atom is 0.256 e. The van der Waals surface area contributed by atoms with Gasteiger partial charge >= 0.3 is 0 Å². The van der Waals surface area contributed by atoms with Gasteiger partial charge in [0.2, 0.25) is 5.91 Å². The summed E-state index contributed by atoms with van der Waals surface area (Å²) in [6.07, 6.45) is 1.56. The van der Waals surface area contributed by atoms with E-state index in [1.165, 1.54) is 18.9 Å². The van der Waals surface area contributed by atoms with Crippen LogP contribution in [0.5, 0.6) is 5.75 Å². The lowest BCUT2D eigenvalue weighted by Crippen LogP contribution is -2.24. The second-order valence-corrected chi connectivity index (χ2v) is 7.82. The predicted molar refractivity (Wildman–Crippen MR) is 118 cm³/mol. The quantitative estimate of drug-likeness (QED) is 0.482. The normalized spacial score (nSPS) is 10.5. The number of nitrogens with one attached hydrogen (secondary N) is 2. The van der Waals surface area contributed by atoms with Gasteiger partial charge in [-0.3, -0.25) is 9.59 Å². The maximum absolute atomic E-state index is 12.9. The Kier molecular flexibility index (Phi) is 7.43. The number of benzene rings is 2. The number of hydrogen-bond donors (Lipinski definition) is 2. The number of methoxy groups -OCH3 is 1. The molecule has 30 heavy (non-hydrogen) atoms. The van der Waals surface area contributed by atoms with Crippen molar-refractivity contribution >= 4 is 40.9 Å². The number of amides is 2. The fourth-order valence-corrected chi connectivity index (χ4v) is 3.73. The molecule has 0 atom stereocenters. The summed E-state index contributed by atoms with van der Waals surface area (Å²) in [5, 5.41) is 6.21. The molecule has 8 heteroatoms. The van der Waals surface area contributed by atoms with Crippen LogP contribution in [0.1, 0.15) is 21.7 Å². The molecule has 1 heterocycles. The second-order valence-electron chi connectivity index (χ2n) is 6.40. The lowest BCUT2D eigenvalue weighted by Gasteiger charge is -2.14. The Balaban J connectivity index is 1.66. The summed E-state index contributed by atoms with van der Waals surface area (Å²) >= 11 is 7.42. The molecule has 1 aromatic heterocycles. The molecular formula is C22H21ClN2O4S. The Bertz CT molecular complexity index is 1040. The molecule has 3 rings (SSSR count). The minimum absolute atomic E-state index is 0.151. The van der Waals surface area contributed by atoms with E-state index in [0.29, 0.717) is 39.2 Å². The summed E-state index contributed by atoms with van der Waals surface area (Å²) in [6.45, 7) is 2.17. The van der Waals surface area contributed by atoms with E-state index in [2.05, 4.69) is 10.6 Å². The Morgan fingerprint density at radius 1 is 1.17 bits per heavy atom. The Hall–Kier alpha value is -2.90. The van der Waals surface area contributed by atoms with Crippen LogP contribution in [0.3, 0.4) is 0 Å². The van der Waals surface area contributed by atoms with Crippen molar-refractivity contribution < 1.29 is 18.7 Å². The van der Waals surface area contributed by atoms with Crippen molar-refractivity contribution in [2.24, 2.45) is 0 Å². The molecule has 2 N–H and O–H groups in total. The van der Waals surface area contributed by atoms with Crippen LogP contribution in [-0.2, 0) is 11.3 Å². The van der Waals surface area contributed by atoms with Gasteiger partial charge < -0.3 is 19.8 Å². The molecule has 0 saturated heterocycles. The van der Waals surface area contributed by atoms with Gasteiger partial charge in [0.25, 0.3) is 5.91 Å². The maximum atomic E-state index is 12.9. The van der Waals surface area contributed by atoms with Gasteiger partial charge in [0.1, 0.15) is 11.5 Å². The van der Waals surface area contributed by atoms with Crippen LogP contribution in [0, 0.1) is 6.92 Å². The molecule has 0 radical (unpaired) electrons. The number of carbonyl (C=O) groups excluding carboxylic acids is 2. The molecule has 2 amide bonds. The van der Waals surface area contributed by atoms with E-state index < -0.39 is 0 Å². The lowest BCUT2D eigenvalue weighted by molar-refractivity contribution is -0.118. The summed E-state index contributed by atoms with van der Waals surface area (Å²) < 4.78 is 10.5. The van der Waals surface area contributed by atoms with Crippen LogP contribution >= 0.6 is 23.4 Å². The highest BCUT2D eigenvalue weighted by molar-refractivity contribution is 8.00. The summed E-state index contributed by atoms with van der Waals surface area (Å²) in [5.41, 5.74) is 1.82. The smallest absolute Gasteiger partial charge is 0.256 e. The lowest BCUT2D eigenvalue weighted by atomic mass is 10.1. The predicted octanol–water partition coefficient (Wildman–Crippen LogP) is 4.91. The van der Waals surface area contributed by atoms with Crippen LogP contribution in [0.2, 0.25) is 5.02 Å². The molecule has 156 valence electrons. The SMILES string of the molecule is COc1cc(Cl)c(C)cc1NC(=O)c1ccccc1SCC(=O)NCc1ccco1. The number of ether oxygens (including phenoxy) is 1. The first-order valence-corrected chi connectivity index (χ1v) is 10.5. The van der Waals surface area contributed by atoms with Crippen molar-refractivity contribution in [3.8, 4) is 5.75 Å². The van der Waals surface area contributed by atoms with Gasteiger partial charge in [-0.25, -0.2) is 0 Å². The first-order valence-electron chi connectivity index (χ1n) is 9.14. The summed E-state index contributed by atoms with van der Waals surface area (Å²) in [4.78, 5) is 25.7. The Morgan fingerprint density at radius 3 is 2.70 bits per heavy atom. The van der Waals surface area contributed by atoms with Crippen molar-refractivity contribution in [3.05, 3.63) is 76.7 Å². The molecule has 2 aromatic carbocycles. The summed E-state index contributed by atoms with van der Waals surface area (Å²) in [7, 11) is 1.52. The van der Waals surface area contributed by atoms with Crippen molar-refractivity contribution in [1.82, 2.24) is 5.32 Å². The third-order valence-electron chi connectivity index (χ3n) is 4.26. The number of aryl methyl sites for hydroxylation is 1. The number of anilines is 1. The minimum atomic E-state index is -0.297. The molecule has 0 aliphatic carbocycles. The van der Waals surface area contributed by atoms with Crippen molar-refractivity contribution in [3.63, 3.8) is 0 Å². The molecular weight excluding hydrogens is 424 g/mol. The summed E-state index contributed by atoms with van der Waals surface area (Å²) in [6, 6.07) is 14.1. The third-order valence-corrected chi connectivity index (χ3v) is 5.74. The van der Waals surface area contributed by atoms with Gasteiger partial charge in [0.15, 0.2) is 0 Å². The zero-order valence-corrected chi connectivity index (χ0v) is 18.1. The van der Waals surface area contributed by atoms with E-state index in [1.54, 1.807) is 42.7 Å². The van der Waals surface area contributed by atoms with E-state index in [0.717, 1.165) is 5.56 Å². The van der Waals surface area contributed by atoms with Crippen LogP contribution in [0.4, 0.5) is 5.69 Å². The van der Waals surface area contributed by atoms with E-state index >= 15 is 0 Å². The molecule has 0 spiro atoms. The van der Waals surface area contributed by atoms with Crippen LogP contribution in [0.15, 0.2) is 64.1 Å². The average molecular weight is 445 g/mol. The van der Waals surface area contributed by atoms with Gasteiger partial charge in [0, 0.05) is 16.0 Å². The van der Waals surface area contributed by atoms with E-state index in [4.69, 9.17) is 20.8 Å². The molecule has 3 aromatic rings. The highest BCUT2D eigenvalue weighted by Gasteiger charge is 2.16. The highest BCUT2D eigenvalue weighted by Crippen LogP contribution is 2.32. The molecule has 0 fully saturated rings. The number of thioether (sulfide) groups is 1. The van der Waals surface area contributed by atoms with Gasteiger partial charge in [-0.2, -0.15) is 0 Å². The van der Waals surface area contributed by atoms with E-state index in [-0.39, 0.29) is 17.6 Å². The van der Waals surface area contributed by atoms with E-state index in [1.807, 2.05) is 19.1 Å². The van der Waals surface area contributed by atoms with Gasteiger partial charge in [-0.1, -0.05) is 23.7 Å². The molecule has 6 nitrogen and oxygen atoms in total. The van der Waals surface area contributed by atoms with Crippen molar-refractivity contribution in [2.75, 3.05) is 18.2 Å². The third kappa shape index (κ3) is 5.58. The van der Waals surface area contributed by atoms with Gasteiger partial charge in [0.05, 0.1) is 36.9 Å². The number of rotatable bonds is 8. The molecule has 0 bridgehead atoms. The van der Waals surface area contributed by atoms with Crippen molar-refractivity contribution in [1.29, 1.82) is 0 Å². The Morgan fingerprint density at radius 2 is 1.97 bits per heavy atom. The summed E-state index contributed by atoms with van der Waals surface area (Å²) in [5.74, 6) is 0.881. The standard InChI is InChI=1S/C22H21ClN2O4S/c1-14-10-18(19(28-2)11-17(14)23)25-22(27)16-7-3-4-8-20(16)30-13-21(26)24-12-15-6-5-9-29-15/h3-11H,12-13H2,1-2H3,(H,24,26)(H,25,27). The fraction of sp³-hybridized carbons (Fsp3) is 0.182. The molecule has 0 saturated carbocycles. The van der Waals surface area contributed by atoms with Crippen LogP contribution in [0.25, 0.3) is 0 Å². The number of halogens is 1. The number of furan rings is 1. The topological polar surface area (TPSA) is 80.6 Å². The Labute approximate surface area is 183 Å². The van der Waals surface area contributed by atoms with E-state index in [9.17, 15) is 9.59 Å². The minimum Gasteiger partial charge on any atom is -0.495 e. The zero-order valence-electron chi connectivity index (χ0n) is 16.5. The van der Waals surface area contributed by atoms with Crippen LogP contribution < -0.4 is 15.4 Å². The number of carbonyl (C=O) groups is 2. The largest absolute Gasteiger partial charge is 0.495 e. The molecule has 0 unspecified atom stereocenters. The monoisotopic (exact) mass is 444 g/mol. The second kappa shape index (κ2) is 10.2. The zero-order chi connectivity index (χ0) is 21.5. The fourth-order valence-electron chi connectivity index (χ4n) is 2.69. The first kappa shape index (κ1) is 21.8. The van der Waals surface area contributed by atoms with Crippen molar-refractivity contribution in [2.45, 2.75) is 18.4 Å². The average Bonchev–Trinajstić information content (AvgIpc) is 3.27. The molecule has 0 aliphatic rings. The molecule has 0 aliphatic heterocycles. The first-order chi connectivity index (χ1) is 14.5. The van der Waals surface area contributed by atoms with Gasteiger partial charge in [-0.15, -0.1) is 11.8 Å².